The van der Waals surface area contributed by atoms with Gasteiger partial charge in [-0.25, -0.2) is 0 Å². The van der Waals surface area contributed by atoms with Crippen LogP contribution in [0.3, 0.4) is 0 Å². The van der Waals surface area contributed by atoms with E-state index in [2.05, 4.69) is 54.1 Å². The third kappa shape index (κ3) is 6.61. The molecule has 1 aliphatic heterocycles. The molecule has 1 saturated heterocycles. The highest BCUT2D eigenvalue weighted by atomic mass is 35.5. The Morgan fingerprint density at radius 1 is 0.983 bits per heavy atom. The average Bonchev–Trinajstić information content (AvgIpc) is 3.62. The van der Waals surface area contributed by atoms with Gasteiger partial charge in [0.2, 0.25) is 5.78 Å². The van der Waals surface area contributed by atoms with Crippen LogP contribution in [0.4, 0.5) is 0 Å². The van der Waals surface area contributed by atoms with Crippen molar-refractivity contribution in [1.82, 2.24) is 9.97 Å². The molecule has 14 nitrogen and oxygen atoms in total. The molecule has 2 aromatic heterocycles. The van der Waals surface area contributed by atoms with E-state index in [0.29, 0.717) is 0 Å². The van der Waals surface area contributed by atoms with Gasteiger partial charge in [0, 0.05) is 76.1 Å². The number of benzene rings is 4. The van der Waals surface area contributed by atoms with Gasteiger partial charge in [-0.3, -0.25) is 19.4 Å². The number of aryl methyl sites for hydroxylation is 2. The number of carbonyl (C=O) groups excluding carboxylic acids is 3. The summed E-state index contributed by atoms with van der Waals surface area (Å²) in [5, 5.41) is 58.8. The Morgan fingerprint density at radius 3 is 2.42 bits per heavy atom. The lowest BCUT2D eigenvalue weighted by molar-refractivity contribution is -0.247. The number of rotatable bonds is 5. The number of Topliss-reactive ketones (excluding diaryl/α,β-unsaturated/α-hetero) is 1. The van der Waals surface area contributed by atoms with E-state index >= 15 is 0 Å². The number of aliphatic hydroxyl groups is 3. The highest BCUT2D eigenvalue weighted by Crippen LogP contribution is 2.52. The molecule has 0 bridgehead atoms. The number of aromatic hydroxyl groups is 2. The maximum absolute atomic E-state index is 13.6. The minimum atomic E-state index is -2.24. The molecule has 4 aromatic carbocycles. The van der Waals surface area contributed by atoms with Crippen molar-refractivity contribution >= 4 is 62.3 Å². The zero-order chi connectivity index (χ0) is 41.4. The van der Waals surface area contributed by atoms with Crippen molar-refractivity contribution in [2.75, 3.05) is 13.7 Å². The predicted octanol–water partition coefficient (Wildman–Crippen LogP) is 4.91. The van der Waals surface area contributed by atoms with E-state index in [-0.39, 0.29) is 46.8 Å². The van der Waals surface area contributed by atoms with E-state index in [1.165, 1.54) is 69.0 Å². The van der Waals surface area contributed by atoms with Crippen LogP contribution in [0.25, 0.3) is 32.6 Å². The highest BCUT2D eigenvalue weighted by molar-refractivity contribution is 6.31. The van der Waals surface area contributed by atoms with Gasteiger partial charge in [0.15, 0.2) is 17.9 Å². The van der Waals surface area contributed by atoms with Crippen LogP contribution in [0.1, 0.15) is 80.0 Å². The molecule has 0 amide bonds. The Bertz CT molecular complexity index is 2690. The molecule has 0 spiro atoms. The number of phenolic OH excluding ortho intramolecular Hbond substituents is 2. The number of ether oxygens (including phenoxy) is 3. The largest absolute Gasteiger partial charge is 0.507 e. The van der Waals surface area contributed by atoms with Gasteiger partial charge in [0.05, 0.1) is 47.6 Å². The summed E-state index contributed by atoms with van der Waals surface area (Å²) >= 11 is 0. The molecule has 2 aliphatic carbocycles. The SMILES string of the molecule is COc1cccc2c1C(=O)c1c(O)c3c(c(O)c1C2=O)C[C@@](O)(C(=O)CO)C[C@@H]3O[C@H]1C[C@H](N)[C@H](O)[C@H](C)O1.Cc1c2ccncc2c(C)c2c1[nH]c1ccccc12.Cl. The van der Waals surface area contributed by atoms with Gasteiger partial charge in [-0.05, 0) is 55.5 Å². The van der Waals surface area contributed by atoms with Crippen LogP contribution < -0.4 is 10.5 Å². The van der Waals surface area contributed by atoms with Gasteiger partial charge in [-0.15, -0.1) is 12.4 Å². The number of halogens is 1. The third-order valence-electron chi connectivity index (χ3n) is 11.9. The molecule has 0 saturated carbocycles. The fraction of sp³-hybridized carbons (Fsp3) is 0.318. The first-order chi connectivity index (χ1) is 27.7. The van der Waals surface area contributed by atoms with Crippen LogP contribution in [0.5, 0.6) is 17.2 Å². The van der Waals surface area contributed by atoms with Crippen molar-refractivity contribution in [2.45, 2.75) is 76.3 Å². The van der Waals surface area contributed by atoms with Crippen LogP contribution in [-0.2, 0) is 20.7 Å². The lowest BCUT2D eigenvalue weighted by Crippen LogP contribution is -2.53. The summed E-state index contributed by atoms with van der Waals surface area (Å²) in [6.07, 6.45) is -1.29. The lowest BCUT2D eigenvalue weighted by atomic mass is 9.72. The molecule has 308 valence electrons. The molecular formula is C44H44ClN3O11. The number of phenols is 2. The van der Waals surface area contributed by atoms with Gasteiger partial charge < -0.3 is 50.5 Å². The summed E-state index contributed by atoms with van der Waals surface area (Å²) in [7, 11) is 1.32. The fourth-order valence-electron chi connectivity index (χ4n) is 8.85. The van der Waals surface area contributed by atoms with Gasteiger partial charge in [0.1, 0.15) is 29.5 Å². The highest BCUT2D eigenvalue weighted by Gasteiger charge is 2.50. The number of aromatic nitrogens is 2. The minimum Gasteiger partial charge on any atom is -0.507 e. The van der Waals surface area contributed by atoms with Crippen LogP contribution in [0.2, 0.25) is 0 Å². The molecule has 6 aromatic rings. The van der Waals surface area contributed by atoms with Crippen LogP contribution >= 0.6 is 12.4 Å². The Labute approximate surface area is 344 Å². The lowest BCUT2D eigenvalue weighted by Gasteiger charge is -2.42. The van der Waals surface area contributed by atoms with Crippen molar-refractivity contribution in [2.24, 2.45) is 5.73 Å². The smallest absolute Gasteiger partial charge is 0.202 e. The van der Waals surface area contributed by atoms with E-state index in [4.69, 9.17) is 19.9 Å². The summed E-state index contributed by atoms with van der Waals surface area (Å²) < 4.78 is 17.0. The molecule has 3 heterocycles. The number of methoxy groups -OCH3 is 1. The average molecular weight is 826 g/mol. The second-order valence-electron chi connectivity index (χ2n) is 15.3. The number of hydrogen-bond donors (Lipinski definition) is 7. The van der Waals surface area contributed by atoms with Gasteiger partial charge in [-0.2, -0.15) is 0 Å². The molecule has 0 unspecified atom stereocenters. The molecule has 1 fully saturated rings. The number of hydrogen-bond acceptors (Lipinski definition) is 13. The van der Waals surface area contributed by atoms with Crippen LogP contribution in [-0.4, -0.2) is 96.7 Å². The summed E-state index contributed by atoms with van der Waals surface area (Å²) in [5.74, 6) is -3.77. The number of fused-ring (bicyclic) bond motifs is 7. The summed E-state index contributed by atoms with van der Waals surface area (Å²) in [4.78, 5) is 47.6. The second-order valence-corrected chi connectivity index (χ2v) is 15.3. The molecule has 6 atom stereocenters. The molecular weight excluding hydrogens is 782 g/mol. The van der Waals surface area contributed by atoms with Crippen molar-refractivity contribution in [3.8, 4) is 17.2 Å². The first-order valence-electron chi connectivity index (χ1n) is 18.9. The van der Waals surface area contributed by atoms with Crippen molar-refractivity contribution in [3.05, 3.63) is 105 Å². The van der Waals surface area contributed by atoms with Crippen LogP contribution in [0, 0.1) is 13.8 Å². The number of nitrogens with two attached hydrogens (primary N) is 1. The normalized spacial score (nSPS) is 23.5. The Kier molecular flexibility index (Phi) is 11.0. The second kappa shape index (κ2) is 15.6. The van der Waals surface area contributed by atoms with E-state index < -0.39 is 95.7 Å². The number of nitrogens with zero attached hydrogens (tertiary/aromatic N) is 1. The van der Waals surface area contributed by atoms with Crippen molar-refractivity contribution < 1.29 is 54.1 Å². The number of aromatic amines is 1. The number of pyridine rings is 1. The number of aliphatic hydroxyl groups excluding tert-OH is 2. The Hall–Kier alpha value is -5.45. The summed E-state index contributed by atoms with van der Waals surface area (Å²) in [6, 6.07) is 14.2. The van der Waals surface area contributed by atoms with Crippen molar-refractivity contribution in [3.63, 3.8) is 0 Å². The summed E-state index contributed by atoms with van der Waals surface area (Å²) in [6.45, 7) is 4.93. The van der Waals surface area contributed by atoms with E-state index in [1.807, 2.05) is 12.4 Å². The Balaban J connectivity index is 0.000000219. The van der Waals surface area contributed by atoms with Gasteiger partial charge in [0.25, 0.3) is 0 Å². The zero-order valence-corrected chi connectivity index (χ0v) is 33.4. The molecule has 9 rings (SSSR count). The maximum atomic E-state index is 13.6. The maximum Gasteiger partial charge on any atom is 0.202 e. The first kappa shape index (κ1) is 41.7. The van der Waals surface area contributed by atoms with Gasteiger partial charge >= 0.3 is 0 Å². The molecule has 0 radical (unpaired) electrons. The zero-order valence-electron chi connectivity index (χ0n) is 32.6. The van der Waals surface area contributed by atoms with Crippen LogP contribution in [0.15, 0.2) is 60.9 Å². The predicted molar refractivity (Wildman–Crippen MR) is 220 cm³/mol. The number of nitrogens with one attached hydrogen (secondary N) is 1. The topological polar surface area (TPSA) is 235 Å². The number of para-hydroxylation sites is 1. The van der Waals surface area contributed by atoms with Gasteiger partial charge in [-0.1, -0.05) is 30.3 Å². The standard InChI is InChI=1S/C27H29NO11.C17H14N2.ClH/c1-10-22(31)13(28)6-17(38-10)39-15-8-27(36,16(30)9-29)7-12-19(15)26(35)21-20(24(12)33)23(32)11-4-3-5-14(37-2)18(11)25(21)34;1-10-14-9-18-8-7-12(14)11(2)17-16(10)13-5-3-4-6-15(13)19-17;/h3-5,10,13,15,17,22,29,31,33,35-36H,6-9,28H2,1-2H3;3-9,19H,1-2H3;1H/t10-,13-,15-,17-,22+,27-;;/m0../s1. The fourth-order valence-corrected chi connectivity index (χ4v) is 8.85. The van der Waals surface area contributed by atoms with E-state index in [1.54, 1.807) is 6.92 Å². The number of H-pyrrole nitrogens is 1. The molecule has 15 heteroatoms. The van der Waals surface area contributed by atoms with E-state index in [9.17, 15) is 39.9 Å². The molecule has 59 heavy (non-hydrogen) atoms. The van der Waals surface area contributed by atoms with E-state index in [0.717, 1.165) is 0 Å². The molecule has 3 aliphatic rings. The number of ketones is 3. The summed E-state index contributed by atoms with van der Waals surface area (Å²) in [5.41, 5.74) is 7.43. The minimum absolute atomic E-state index is 0. The quantitative estimate of drug-likeness (QED) is 0.115. The monoisotopic (exact) mass is 825 g/mol. The third-order valence-corrected chi connectivity index (χ3v) is 11.9. The first-order valence-corrected chi connectivity index (χ1v) is 18.9. The molecule has 8 N–H and O–H groups in total. The van der Waals surface area contributed by atoms with Crippen molar-refractivity contribution in [1.29, 1.82) is 0 Å². The number of carbonyl (C=O) groups is 3. The Morgan fingerprint density at radius 2 is 1.71 bits per heavy atom.